The molecule has 0 radical (unpaired) electrons. The summed E-state index contributed by atoms with van der Waals surface area (Å²) in [5, 5.41) is 4.63. The first-order chi connectivity index (χ1) is 15.4. The van der Waals surface area contributed by atoms with Crippen LogP contribution in [-0.2, 0) is 4.79 Å². The highest BCUT2D eigenvalue weighted by Gasteiger charge is 2.17. The van der Waals surface area contributed by atoms with Crippen molar-refractivity contribution in [3.63, 3.8) is 0 Å². The van der Waals surface area contributed by atoms with Crippen LogP contribution in [0.4, 0.5) is 19.0 Å². The Hall–Kier alpha value is -3.79. The molecule has 0 bridgehead atoms. The van der Waals surface area contributed by atoms with Gasteiger partial charge < -0.3 is 14.8 Å². The summed E-state index contributed by atoms with van der Waals surface area (Å²) in [6.07, 6.45) is 4.57. The Kier molecular flexibility index (Phi) is 6.13. The van der Waals surface area contributed by atoms with Crippen LogP contribution in [0.1, 0.15) is 5.56 Å². The number of carbonyl (C=O) groups excluding carboxylic acids is 1. The summed E-state index contributed by atoms with van der Waals surface area (Å²) < 4.78 is 49.4. The van der Waals surface area contributed by atoms with Crippen LogP contribution in [0, 0.1) is 5.82 Å². The van der Waals surface area contributed by atoms with Gasteiger partial charge in [0.1, 0.15) is 17.3 Å². The molecule has 0 fully saturated rings. The Labute approximate surface area is 184 Å². The quantitative estimate of drug-likeness (QED) is 0.373. The molecular weight excluding hydrogens is 443 g/mol. The molecular formula is C22H16F3N3O3S. The van der Waals surface area contributed by atoms with Gasteiger partial charge in [0, 0.05) is 23.2 Å². The molecule has 0 saturated carbocycles. The first-order valence-corrected chi connectivity index (χ1v) is 10.2. The van der Waals surface area contributed by atoms with E-state index in [0.717, 1.165) is 0 Å². The number of carbonyl (C=O) groups is 1. The number of benzene rings is 2. The van der Waals surface area contributed by atoms with Crippen LogP contribution in [0.2, 0.25) is 0 Å². The second-order valence-electron chi connectivity index (χ2n) is 6.48. The lowest BCUT2D eigenvalue weighted by atomic mass is 10.1. The van der Waals surface area contributed by atoms with Crippen LogP contribution in [0.5, 0.6) is 11.5 Å². The number of fused-ring (bicyclic) bond motifs is 1. The Morgan fingerprint density at radius 2 is 1.97 bits per heavy atom. The zero-order valence-corrected chi connectivity index (χ0v) is 17.4. The van der Waals surface area contributed by atoms with Gasteiger partial charge in [-0.1, -0.05) is 6.07 Å². The van der Waals surface area contributed by atoms with Gasteiger partial charge in [-0.2, -0.15) is 8.78 Å². The fraction of sp³-hybridized carbons (Fsp3) is 0.0909. The minimum Gasteiger partial charge on any atom is -0.493 e. The molecule has 0 spiro atoms. The van der Waals surface area contributed by atoms with Gasteiger partial charge >= 0.3 is 6.61 Å². The molecule has 10 heteroatoms. The summed E-state index contributed by atoms with van der Waals surface area (Å²) in [5.74, 6) is -0.355. The first kappa shape index (κ1) is 21.4. The normalized spacial score (nSPS) is 11.4. The van der Waals surface area contributed by atoms with Crippen LogP contribution < -0.4 is 14.8 Å². The summed E-state index contributed by atoms with van der Waals surface area (Å²) in [4.78, 5) is 17.8. The van der Waals surface area contributed by atoms with Gasteiger partial charge in [0.05, 0.1) is 7.11 Å². The third kappa shape index (κ3) is 4.59. The summed E-state index contributed by atoms with van der Waals surface area (Å²) >= 11 is 1.40. The van der Waals surface area contributed by atoms with Crippen molar-refractivity contribution < 1.29 is 27.4 Å². The summed E-state index contributed by atoms with van der Waals surface area (Å²) in [5.41, 5.74) is 1.71. The molecule has 0 aliphatic heterocycles. The standard InChI is InChI=1S/C22H16F3N3O3S/c1-30-17-12-13(2-8-16(17)31-21(24)25)3-9-18(29)26-20-19(14-4-6-15(23)7-5-14)27-22-28(20)10-11-32-22/h2-12,21H,1H3,(H,26,29)/b9-3+. The highest BCUT2D eigenvalue weighted by atomic mass is 32.1. The third-order valence-corrected chi connectivity index (χ3v) is 5.21. The van der Waals surface area contributed by atoms with E-state index in [0.29, 0.717) is 27.6 Å². The average molecular weight is 459 g/mol. The Bertz CT molecular complexity index is 1280. The maximum Gasteiger partial charge on any atom is 0.387 e. The highest BCUT2D eigenvalue weighted by Crippen LogP contribution is 2.32. The van der Waals surface area contributed by atoms with Gasteiger partial charge in [0.2, 0.25) is 5.91 Å². The number of aromatic nitrogens is 2. The number of imidazole rings is 1. The van der Waals surface area contributed by atoms with Gasteiger partial charge in [-0.05, 0) is 48.0 Å². The number of ether oxygens (including phenoxy) is 2. The number of hydrogen-bond donors (Lipinski definition) is 1. The van der Waals surface area contributed by atoms with E-state index < -0.39 is 12.5 Å². The van der Waals surface area contributed by atoms with Gasteiger partial charge in [-0.25, -0.2) is 9.37 Å². The molecule has 2 aromatic carbocycles. The summed E-state index contributed by atoms with van der Waals surface area (Å²) in [6, 6.07) is 10.1. The van der Waals surface area contributed by atoms with Crippen LogP contribution >= 0.6 is 11.3 Å². The van der Waals surface area contributed by atoms with Gasteiger partial charge in [-0.15, -0.1) is 11.3 Å². The number of hydrogen-bond acceptors (Lipinski definition) is 5. The molecule has 2 aromatic heterocycles. The van der Waals surface area contributed by atoms with Crippen molar-refractivity contribution >= 4 is 34.1 Å². The molecule has 1 amide bonds. The minimum absolute atomic E-state index is 0.104. The fourth-order valence-electron chi connectivity index (χ4n) is 3.03. The smallest absolute Gasteiger partial charge is 0.387 e. The number of amides is 1. The number of thiazole rings is 1. The van der Waals surface area contributed by atoms with Crippen molar-refractivity contribution in [2.75, 3.05) is 12.4 Å². The van der Waals surface area contributed by atoms with Gasteiger partial charge in [0.15, 0.2) is 16.5 Å². The number of halogens is 3. The molecule has 0 aliphatic rings. The van der Waals surface area contributed by atoms with Crippen LogP contribution in [0.25, 0.3) is 22.3 Å². The van der Waals surface area contributed by atoms with E-state index in [4.69, 9.17) is 4.74 Å². The SMILES string of the molecule is COc1cc(/C=C/C(=O)Nc2c(-c3ccc(F)cc3)nc3sccn23)ccc1OC(F)F. The molecule has 6 nitrogen and oxygen atoms in total. The third-order valence-electron chi connectivity index (χ3n) is 4.45. The van der Waals surface area contributed by atoms with Crippen molar-refractivity contribution in [3.05, 3.63) is 71.5 Å². The summed E-state index contributed by atoms with van der Waals surface area (Å²) in [6.45, 7) is -2.98. The molecule has 0 saturated heterocycles. The molecule has 0 unspecified atom stereocenters. The first-order valence-electron chi connectivity index (χ1n) is 9.28. The average Bonchev–Trinajstić information content (AvgIpc) is 3.36. The molecule has 32 heavy (non-hydrogen) atoms. The minimum atomic E-state index is -2.98. The van der Waals surface area contributed by atoms with Crippen LogP contribution in [-0.4, -0.2) is 29.0 Å². The van der Waals surface area contributed by atoms with Crippen molar-refractivity contribution in [3.8, 4) is 22.8 Å². The zero-order chi connectivity index (χ0) is 22.7. The number of rotatable bonds is 7. The topological polar surface area (TPSA) is 64.9 Å². The number of anilines is 1. The van der Waals surface area contributed by atoms with E-state index in [9.17, 15) is 18.0 Å². The molecule has 0 atom stereocenters. The molecule has 164 valence electrons. The molecule has 0 aliphatic carbocycles. The van der Waals surface area contributed by atoms with E-state index >= 15 is 0 Å². The monoisotopic (exact) mass is 459 g/mol. The van der Waals surface area contributed by atoms with E-state index in [2.05, 4.69) is 15.0 Å². The molecule has 4 rings (SSSR count). The lowest BCUT2D eigenvalue weighted by molar-refractivity contribution is -0.111. The fourth-order valence-corrected chi connectivity index (χ4v) is 3.74. The lowest BCUT2D eigenvalue weighted by Gasteiger charge is -2.10. The van der Waals surface area contributed by atoms with Gasteiger partial charge in [-0.3, -0.25) is 9.20 Å². The number of alkyl halides is 2. The lowest BCUT2D eigenvalue weighted by Crippen LogP contribution is -2.10. The number of nitrogens with one attached hydrogen (secondary N) is 1. The molecule has 4 aromatic rings. The zero-order valence-electron chi connectivity index (χ0n) is 16.6. The molecule has 1 N–H and O–H groups in total. The van der Waals surface area contributed by atoms with E-state index in [1.54, 1.807) is 22.7 Å². The largest absolute Gasteiger partial charge is 0.493 e. The van der Waals surface area contributed by atoms with Crippen molar-refractivity contribution in [2.24, 2.45) is 0 Å². The van der Waals surface area contributed by atoms with Crippen molar-refractivity contribution in [2.45, 2.75) is 6.61 Å². The predicted molar refractivity (Wildman–Crippen MR) is 116 cm³/mol. The van der Waals surface area contributed by atoms with Crippen LogP contribution in [0.15, 0.2) is 60.1 Å². The Morgan fingerprint density at radius 3 is 2.69 bits per heavy atom. The van der Waals surface area contributed by atoms with E-state index in [1.807, 2.05) is 5.38 Å². The number of methoxy groups -OCH3 is 1. The predicted octanol–water partition coefficient (Wildman–Crippen LogP) is 5.46. The second kappa shape index (κ2) is 9.15. The highest BCUT2D eigenvalue weighted by molar-refractivity contribution is 7.15. The van der Waals surface area contributed by atoms with E-state index in [1.165, 1.54) is 60.9 Å². The van der Waals surface area contributed by atoms with Gasteiger partial charge in [0.25, 0.3) is 0 Å². The molecule has 2 heterocycles. The van der Waals surface area contributed by atoms with Crippen molar-refractivity contribution in [1.29, 1.82) is 0 Å². The van der Waals surface area contributed by atoms with Crippen molar-refractivity contribution in [1.82, 2.24) is 9.38 Å². The van der Waals surface area contributed by atoms with Crippen LogP contribution in [0.3, 0.4) is 0 Å². The second-order valence-corrected chi connectivity index (χ2v) is 7.36. The Balaban J connectivity index is 1.57. The number of nitrogens with zero attached hydrogens (tertiary/aromatic N) is 2. The summed E-state index contributed by atoms with van der Waals surface area (Å²) in [7, 11) is 1.33. The Morgan fingerprint density at radius 1 is 1.19 bits per heavy atom. The maximum absolute atomic E-state index is 13.3. The maximum atomic E-state index is 13.3. The van der Waals surface area contributed by atoms with E-state index in [-0.39, 0.29) is 17.3 Å².